The van der Waals surface area contributed by atoms with Gasteiger partial charge in [-0.2, -0.15) is 0 Å². The lowest BCUT2D eigenvalue weighted by molar-refractivity contribution is 0.0696. The normalized spacial score (nSPS) is 9.88. The van der Waals surface area contributed by atoms with Crippen LogP contribution in [-0.4, -0.2) is 38.4 Å². The molecule has 0 fully saturated rings. The minimum Gasteiger partial charge on any atom is -0.493 e. The van der Waals surface area contributed by atoms with E-state index in [2.05, 4.69) is 5.32 Å². The summed E-state index contributed by atoms with van der Waals surface area (Å²) in [6, 6.07) is 4.52. The van der Waals surface area contributed by atoms with Crippen LogP contribution in [0.4, 0.5) is 0 Å². The quantitative estimate of drug-likeness (QED) is 0.707. The maximum Gasteiger partial charge on any atom is 0.335 e. The van der Waals surface area contributed by atoms with E-state index in [-0.39, 0.29) is 5.56 Å². The van der Waals surface area contributed by atoms with Crippen molar-refractivity contribution in [1.82, 2.24) is 5.32 Å². The third-order valence-electron chi connectivity index (χ3n) is 2.02. The molecule has 0 bridgehead atoms. The molecule has 1 aromatic carbocycles. The first kappa shape index (κ1) is 12.3. The summed E-state index contributed by atoms with van der Waals surface area (Å²) in [7, 11) is 3.31. The fraction of sp³-hybridized carbons (Fsp3) is 0.364. The van der Waals surface area contributed by atoms with E-state index in [9.17, 15) is 4.79 Å². The molecule has 1 rings (SSSR count). The largest absolute Gasteiger partial charge is 0.493 e. The van der Waals surface area contributed by atoms with Gasteiger partial charge < -0.3 is 19.9 Å². The van der Waals surface area contributed by atoms with Gasteiger partial charge in [0.2, 0.25) is 0 Å². The number of hydrogen-bond acceptors (Lipinski definition) is 4. The Morgan fingerprint density at radius 1 is 1.44 bits per heavy atom. The number of rotatable bonds is 6. The smallest absolute Gasteiger partial charge is 0.335 e. The van der Waals surface area contributed by atoms with Gasteiger partial charge in [-0.1, -0.05) is 0 Å². The van der Waals surface area contributed by atoms with Gasteiger partial charge in [0.15, 0.2) is 11.5 Å². The van der Waals surface area contributed by atoms with Crippen molar-refractivity contribution in [3.8, 4) is 11.5 Å². The monoisotopic (exact) mass is 225 g/mol. The molecule has 16 heavy (non-hydrogen) atoms. The zero-order valence-corrected chi connectivity index (χ0v) is 9.32. The lowest BCUT2D eigenvalue weighted by Crippen LogP contribution is -2.16. The van der Waals surface area contributed by atoms with Crippen LogP contribution < -0.4 is 14.8 Å². The molecule has 0 saturated carbocycles. The zero-order valence-electron chi connectivity index (χ0n) is 9.32. The SMILES string of the molecule is CNCCOc1ccc(C(=O)O)cc1OC. The van der Waals surface area contributed by atoms with Gasteiger partial charge in [0.05, 0.1) is 12.7 Å². The zero-order chi connectivity index (χ0) is 12.0. The summed E-state index contributed by atoms with van der Waals surface area (Å²) >= 11 is 0. The van der Waals surface area contributed by atoms with Crippen LogP contribution in [0.3, 0.4) is 0 Å². The molecule has 0 aromatic heterocycles. The van der Waals surface area contributed by atoms with E-state index in [0.717, 1.165) is 0 Å². The maximum absolute atomic E-state index is 10.7. The number of ether oxygens (including phenoxy) is 2. The molecule has 0 atom stereocenters. The number of carbonyl (C=O) groups is 1. The van der Waals surface area contributed by atoms with E-state index in [4.69, 9.17) is 14.6 Å². The average molecular weight is 225 g/mol. The number of likely N-dealkylation sites (N-methyl/N-ethyl adjacent to an activating group) is 1. The summed E-state index contributed by atoms with van der Waals surface area (Å²) in [5.74, 6) is -0.0150. The summed E-state index contributed by atoms with van der Waals surface area (Å²) in [4.78, 5) is 10.7. The molecule has 0 spiro atoms. The molecular weight excluding hydrogens is 210 g/mol. The van der Waals surface area contributed by atoms with Crippen LogP contribution in [0, 0.1) is 0 Å². The predicted molar refractivity (Wildman–Crippen MR) is 59.4 cm³/mol. The Morgan fingerprint density at radius 3 is 2.75 bits per heavy atom. The van der Waals surface area contributed by atoms with Gasteiger partial charge in [-0.05, 0) is 25.2 Å². The Morgan fingerprint density at radius 2 is 2.19 bits per heavy atom. The summed E-state index contributed by atoms with van der Waals surface area (Å²) in [6.07, 6.45) is 0. The minimum atomic E-state index is -0.986. The highest BCUT2D eigenvalue weighted by Gasteiger charge is 2.09. The van der Waals surface area contributed by atoms with Crippen LogP contribution in [-0.2, 0) is 0 Å². The van der Waals surface area contributed by atoms with Gasteiger partial charge in [-0.25, -0.2) is 4.79 Å². The van der Waals surface area contributed by atoms with Crippen molar-refractivity contribution < 1.29 is 19.4 Å². The molecule has 0 unspecified atom stereocenters. The fourth-order valence-corrected chi connectivity index (χ4v) is 1.18. The molecule has 5 heteroatoms. The highest BCUT2D eigenvalue weighted by atomic mass is 16.5. The number of benzene rings is 1. The second-order valence-electron chi connectivity index (χ2n) is 3.12. The standard InChI is InChI=1S/C11H15NO4/c1-12-5-6-16-9-4-3-8(11(13)14)7-10(9)15-2/h3-4,7,12H,5-6H2,1-2H3,(H,13,14). The highest BCUT2D eigenvalue weighted by Crippen LogP contribution is 2.27. The van der Waals surface area contributed by atoms with E-state index in [0.29, 0.717) is 24.7 Å². The number of carboxylic acid groups (broad SMARTS) is 1. The highest BCUT2D eigenvalue weighted by molar-refractivity contribution is 5.88. The van der Waals surface area contributed by atoms with Gasteiger partial charge in [0.25, 0.3) is 0 Å². The summed E-state index contributed by atoms with van der Waals surface area (Å²) in [5, 5.41) is 11.7. The molecule has 0 aliphatic carbocycles. The number of aromatic carboxylic acids is 1. The van der Waals surface area contributed by atoms with Crippen LogP contribution in [0.25, 0.3) is 0 Å². The van der Waals surface area contributed by atoms with Crippen molar-refractivity contribution in [2.24, 2.45) is 0 Å². The number of hydrogen-bond donors (Lipinski definition) is 2. The van der Waals surface area contributed by atoms with Crippen LogP contribution in [0.5, 0.6) is 11.5 Å². The van der Waals surface area contributed by atoms with Crippen molar-refractivity contribution in [1.29, 1.82) is 0 Å². The first-order valence-corrected chi connectivity index (χ1v) is 4.87. The second-order valence-corrected chi connectivity index (χ2v) is 3.12. The molecule has 0 aliphatic heterocycles. The van der Waals surface area contributed by atoms with E-state index in [1.54, 1.807) is 6.07 Å². The number of methoxy groups -OCH3 is 1. The summed E-state index contributed by atoms with van der Waals surface area (Å²) < 4.78 is 10.5. The molecule has 0 saturated heterocycles. The Hall–Kier alpha value is -1.75. The van der Waals surface area contributed by atoms with Crippen LogP contribution in [0.15, 0.2) is 18.2 Å². The Bertz CT molecular complexity index is 365. The molecule has 0 radical (unpaired) electrons. The Kier molecular flexibility index (Phi) is 4.60. The first-order chi connectivity index (χ1) is 7.69. The van der Waals surface area contributed by atoms with Crippen LogP contribution >= 0.6 is 0 Å². The van der Waals surface area contributed by atoms with E-state index in [1.165, 1.54) is 19.2 Å². The topological polar surface area (TPSA) is 67.8 Å². The third kappa shape index (κ3) is 3.13. The average Bonchev–Trinajstić information content (AvgIpc) is 2.29. The van der Waals surface area contributed by atoms with Gasteiger partial charge in [-0.15, -0.1) is 0 Å². The second kappa shape index (κ2) is 5.97. The van der Waals surface area contributed by atoms with Crippen LogP contribution in [0.1, 0.15) is 10.4 Å². The predicted octanol–water partition coefficient (Wildman–Crippen LogP) is 0.992. The van der Waals surface area contributed by atoms with Crippen LogP contribution in [0.2, 0.25) is 0 Å². The van der Waals surface area contributed by atoms with Gasteiger partial charge in [0, 0.05) is 6.54 Å². The molecule has 88 valence electrons. The van der Waals surface area contributed by atoms with Crippen molar-refractivity contribution in [2.75, 3.05) is 27.3 Å². The third-order valence-corrected chi connectivity index (χ3v) is 2.02. The molecule has 0 heterocycles. The van der Waals surface area contributed by atoms with E-state index < -0.39 is 5.97 Å². The first-order valence-electron chi connectivity index (χ1n) is 4.87. The minimum absolute atomic E-state index is 0.179. The number of carboxylic acids is 1. The van der Waals surface area contributed by atoms with Gasteiger partial charge >= 0.3 is 5.97 Å². The summed E-state index contributed by atoms with van der Waals surface area (Å²) in [5.41, 5.74) is 0.179. The summed E-state index contributed by atoms with van der Waals surface area (Å²) in [6.45, 7) is 1.21. The molecule has 0 amide bonds. The van der Waals surface area contributed by atoms with Crippen molar-refractivity contribution in [2.45, 2.75) is 0 Å². The van der Waals surface area contributed by atoms with Gasteiger partial charge in [-0.3, -0.25) is 0 Å². The van der Waals surface area contributed by atoms with Crippen molar-refractivity contribution in [3.63, 3.8) is 0 Å². The van der Waals surface area contributed by atoms with Crippen molar-refractivity contribution in [3.05, 3.63) is 23.8 Å². The Labute approximate surface area is 94.0 Å². The fourth-order valence-electron chi connectivity index (χ4n) is 1.18. The lowest BCUT2D eigenvalue weighted by atomic mass is 10.2. The lowest BCUT2D eigenvalue weighted by Gasteiger charge is -2.10. The number of nitrogens with one attached hydrogen (secondary N) is 1. The van der Waals surface area contributed by atoms with E-state index >= 15 is 0 Å². The Balaban J connectivity index is 2.80. The van der Waals surface area contributed by atoms with Gasteiger partial charge in [0.1, 0.15) is 6.61 Å². The van der Waals surface area contributed by atoms with Crippen molar-refractivity contribution >= 4 is 5.97 Å². The molecular formula is C11H15NO4. The molecule has 0 aliphatic rings. The molecule has 1 aromatic rings. The molecule has 2 N–H and O–H groups in total. The maximum atomic E-state index is 10.7. The van der Waals surface area contributed by atoms with E-state index in [1.807, 2.05) is 7.05 Å². The molecule has 5 nitrogen and oxygen atoms in total.